The van der Waals surface area contributed by atoms with Crippen molar-refractivity contribution in [3.63, 3.8) is 0 Å². The van der Waals surface area contributed by atoms with Gasteiger partial charge in [0.15, 0.2) is 0 Å². The number of hydrogen-bond donors (Lipinski definition) is 0. The molecule has 4 rings (SSSR count). The molecule has 0 atom stereocenters. The molecule has 0 aliphatic carbocycles. The number of para-hydroxylation sites is 1. The lowest BCUT2D eigenvalue weighted by atomic mass is 10.1. The first kappa shape index (κ1) is 16.1. The normalized spacial score (nSPS) is 10.8. The lowest BCUT2D eigenvalue weighted by molar-refractivity contribution is 0.974. The van der Waals surface area contributed by atoms with Crippen molar-refractivity contribution in [3.8, 4) is 17.1 Å². The Morgan fingerprint density at radius 3 is 2.15 bits per heavy atom. The van der Waals surface area contributed by atoms with E-state index in [2.05, 4.69) is 0 Å². The maximum absolute atomic E-state index is 13.3. The molecule has 0 N–H and O–H groups in total. The molecule has 1 aromatic heterocycles. The Morgan fingerprint density at radius 2 is 1.46 bits per heavy atom. The number of hydrogen-bond acceptors (Lipinski definition) is 3. The SMILES string of the molecule is CN(C)c1ccc(-n2c(-c3ccccc3)nc3ccccc3c2=O)cc1. The lowest BCUT2D eigenvalue weighted by Gasteiger charge is -2.16. The van der Waals surface area contributed by atoms with Crippen molar-refractivity contribution in [2.45, 2.75) is 0 Å². The Morgan fingerprint density at radius 1 is 0.808 bits per heavy atom. The maximum Gasteiger partial charge on any atom is 0.266 e. The van der Waals surface area contributed by atoms with Crippen LogP contribution in [0.1, 0.15) is 0 Å². The molecule has 4 heteroatoms. The number of nitrogens with zero attached hydrogens (tertiary/aromatic N) is 3. The van der Waals surface area contributed by atoms with Gasteiger partial charge in [-0.1, -0.05) is 42.5 Å². The third-order valence-electron chi connectivity index (χ3n) is 4.43. The third kappa shape index (κ3) is 2.75. The minimum absolute atomic E-state index is 0.0629. The van der Waals surface area contributed by atoms with Gasteiger partial charge in [-0.2, -0.15) is 0 Å². The van der Waals surface area contributed by atoms with Gasteiger partial charge >= 0.3 is 0 Å². The topological polar surface area (TPSA) is 38.1 Å². The molecule has 4 aromatic rings. The molecule has 0 aliphatic rings. The van der Waals surface area contributed by atoms with Gasteiger partial charge in [0.05, 0.1) is 16.6 Å². The molecule has 0 unspecified atom stereocenters. The fourth-order valence-electron chi connectivity index (χ4n) is 3.05. The molecule has 0 aliphatic heterocycles. The summed E-state index contributed by atoms with van der Waals surface area (Å²) in [6.45, 7) is 0. The molecule has 0 saturated carbocycles. The summed E-state index contributed by atoms with van der Waals surface area (Å²) in [6.07, 6.45) is 0. The van der Waals surface area contributed by atoms with E-state index < -0.39 is 0 Å². The summed E-state index contributed by atoms with van der Waals surface area (Å²) in [5.74, 6) is 0.645. The highest BCUT2D eigenvalue weighted by Crippen LogP contribution is 2.23. The molecule has 0 radical (unpaired) electrons. The molecule has 26 heavy (non-hydrogen) atoms. The number of fused-ring (bicyclic) bond motifs is 1. The van der Waals surface area contributed by atoms with E-state index in [0.29, 0.717) is 16.7 Å². The standard InChI is InChI=1S/C22H19N3O/c1-24(2)17-12-14-18(15-13-17)25-21(16-8-4-3-5-9-16)23-20-11-7-6-10-19(20)22(25)26/h3-15H,1-2H3. The summed E-state index contributed by atoms with van der Waals surface area (Å²) in [7, 11) is 3.99. The summed E-state index contributed by atoms with van der Waals surface area (Å²) < 4.78 is 1.69. The number of aromatic nitrogens is 2. The summed E-state index contributed by atoms with van der Waals surface area (Å²) in [5, 5.41) is 0.615. The van der Waals surface area contributed by atoms with Crippen LogP contribution in [0, 0.1) is 0 Å². The van der Waals surface area contributed by atoms with Crippen LogP contribution in [0.2, 0.25) is 0 Å². The second kappa shape index (κ2) is 6.48. The van der Waals surface area contributed by atoms with Crippen molar-refractivity contribution in [1.82, 2.24) is 9.55 Å². The molecular formula is C22H19N3O. The highest BCUT2D eigenvalue weighted by atomic mass is 16.1. The molecular weight excluding hydrogens is 322 g/mol. The summed E-state index contributed by atoms with van der Waals surface area (Å²) in [4.78, 5) is 20.1. The average molecular weight is 341 g/mol. The Hall–Kier alpha value is -3.40. The molecule has 3 aromatic carbocycles. The van der Waals surface area contributed by atoms with Crippen LogP contribution in [-0.2, 0) is 0 Å². The number of anilines is 1. The van der Waals surface area contributed by atoms with Crippen LogP contribution >= 0.6 is 0 Å². The van der Waals surface area contributed by atoms with Crippen molar-refractivity contribution >= 4 is 16.6 Å². The quantitative estimate of drug-likeness (QED) is 0.563. The van der Waals surface area contributed by atoms with Gasteiger partial charge in [0, 0.05) is 25.3 Å². The first-order chi connectivity index (χ1) is 12.6. The predicted molar refractivity (Wildman–Crippen MR) is 107 cm³/mol. The van der Waals surface area contributed by atoms with Crippen molar-refractivity contribution in [3.05, 3.63) is 89.2 Å². The summed E-state index contributed by atoms with van der Waals surface area (Å²) in [5.41, 5.74) is 3.44. The highest BCUT2D eigenvalue weighted by Gasteiger charge is 2.14. The van der Waals surface area contributed by atoms with E-state index in [1.165, 1.54) is 0 Å². The maximum atomic E-state index is 13.3. The molecule has 0 saturated heterocycles. The van der Waals surface area contributed by atoms with Gasteiger partial charge in [-0.3, -0.25) is 9.36 Å². The van der Waals surface area contributed by atoms with Gasteiger partial charge < -0.3 is 4.90 Å². The molecule has 0 fully saturated rings. The fraction of sp³-hybridized carbons (Fsp3) is 0.0909. The van der Waals surface area contributed by atoms with E-state index in [1.807, 2.05) is 97.9 Å². The first-order valence-corrected chi connectivity index (χ1v) is 8.50. The first-order valence-electron chi connectivity index (χ1n) is 8.50. The van der Waals surface area contributed by atoms with E-state index in [0.717, 1.165) is 16.9 Å². The molecule has 1 heterocycles. The Bertz CT molecular complexity index is 1110. The zero-order valence-corrected chi connectivity index (χ0v) is 14.8. The van der Waals surface area contributed by atoms with E-state index in [9.17, 15) is 4.79 Å². The summed E-state index contributed by atoms with van der Waals surface area (Å²) in [6, 6.07) is 25.2. The minimum atomic E-state index is -0.0629. The monoisotopic (exact) mass is 341 g/mol. The molecule has 0 bridgehead atoms. The van der Waals surface area contributed by atoms with Gasteiger partial charge in [0.2, 0.25) is 0 Å². The Balaban J connectivity index is 2.03. The van der Waals surface area contributed by atoms with Gasteiger partial charge in [0.1, 0.15) is 5.82 Å². The van der Waals surface area contributed by atoms with Gasteiger partial charge in [-0.15, -0.1) is 0 Å². The molecule has 128 valence electrons. The van der Waals surface area contributed by atoms with E-state index in [4.69, 9.17) is 4.98 Å². The summed E-state index contributed by atoms with van der Waals surface area (Å²) >= 11 is 0. The van der Waals surface area contributed by atoms with Crippen molar-refractivity contribution < 1.29 is 0 Å². The smallest absolute Gasteiger partial charge is 0.266 e. The largest absolute Gasteiger partial charge is 0.378 e. The third-order valence-corrected chi connectivity index (χ3v) is 4.43. The lowest BCUT2D eigenvalue weighted by Crippen LogP contribution is -2.22. The average Bonchev–Trinajstić information content (AvgIpc) is 2.69. The van der Waals surface area contributed by atoms with Crippen molar-refractivity contribution in [2.75, 3.05) is 19.0 Å². The second-order valence-electron chi connectivity index (χ2n) is 6.37. The van der Waals surface area contributed by atoms with Crippen LogP contribution < -0.4 is 10.5 Å². The minimum Gasteiger partial charge on any atom is -0.378 e. The molecule has 0 amide bonds. The van der Waals surface area contributed by atoms with E-state index >= 15 is 0 Å². The Labute approximate surface area is 152 Å². The predicted octanol–water partition coefficient (Wildman–Crippen LogP) is 4.12. The number of benzene rings is 3. The van der Waals surface area contributed by atoms with Crippen LogP contribution in [0.25, 0.3) is 28.0 Å². The van der Waals surface area contributed by atoms with Crippen molar-refractivity contribution in [2.24, 2.45) is 0 Å². The van der Waals surface area contributed by atoms with Gasteiger partial charge in [-0.05, 0) is 36.4 Å². The van der Waals surface area contributed by atoms with Crippen molar-refractivity contribution in [1.29, 1.82) is 0 Å². The molecule has 0 spiro atoms. The van der Waals surface area contributed by atoms with Crippen LogP contribution in [-0.4, -0.2) is 23.6 Å². The zero-order valence-electron chi connectivity index (χ0n) is 14.8. The van der Waals surface area contributed by atoms with Crippen LogP contribution in [0.5, 0.6) is 0 Å². The van der Waals surface area contributed by atoms with E-state index in [1.54, 1.807) is 4.57 Å². The fourth-order valence-corrected chi connectivity index (χ4v) is 3.05. The molecule has 4 nitrogen and oxygen atoms in total. The van der Waals surface area contributed by atoms with E-state index in [-0.39, 0.29) is 5.56 Å². The highest BCUT2D eigenvalue weighted by molar-refractivity contribution is 5.80. The van der Waals surface area contributed by atoms with Gasteiger partial charge in [0.25, 0.3) is 5.56 Å². The van der Waals surface area contributed by atoms with Crippen LogP contribution in [0.4, 0.5) is 5.69 Å². The van der Waals surface area contributed by atoms with Crippen LogP contribution in [0.3, 0.4) is 0 Å². The number of rotatable bonds is 3. The zero-order chi connectivity index (χ0) is 18.1. The Kier molecular flexibility index (Phi) is 4.01. The van der Waals surface area contributed by atoms with Crippen LogP contribution in [0.15, 0.2) is 83.7 Å². The second-order valence-corrected chi connectivity index (χ2v) is 6.37. The van der Waals surface area contributed by atoms with Gasteiger partial charge in [-0.25, -0.2) is 4.98 Å².